The molecular weight excluding hydrogens is 434 g/mol. The number of primary amides is 1. The van der Waals surface area contributed by atoms with Crippen LogP contribution in [0.3, 0.4) is 0 Å². The van der Waals surface area contributed by atoms with Gasteiger partial charge in [0.1, 0.15) is 5.69 Å². The predicted octanol–water partition coefficient (Wildman–Crippen LogP) is 2.59. The Bertz CT molecular complexity index is 1040. The van der Waals surface area contributed by atoms with E-state index in [9.17, 15) is 19.5 Å². The molecule has 1 aliphatic rings. The Morgan fingerprint density at radius 3 is 2.44 bits per heavy atom. The number of benzene rings is 1. The molecule has 3 amide bonds. The highest BCUT2D eigenvalue weighted by atomic mass is 35.5. The van der Waals surface area contributed by atoms with Crippen molar-refractivity contribution in [3.63, 3.8) is 0 Å². The molecule has 1 aromatic carbocycles. The van der Waals surface area contributed by atoms with Crippen molar-refractivity contribution in [3.8, 4) is 0 Å². The minimum absolute atomic E-state index is 0.00111. The van der Waals surface area contributed by atoms with Crippen molar-refractivity contribution in [1.82, 2.24) is 14.9 Å². The van der Waals surface area contributed by atoms with Crippen LogP contribution < -0.4 is 16.4 Å². The standard InChI is InChI=1S/C22H28ClN5O4/c1-22(2,32)13-6-9-15(23)16(10-13)27-20(30)12-4-7-14(8-5-12)28-11-26-17(21(31)25-3)18(28)19(24)29/h6,9-12,14,32H,4-5,7-8H2,1-3H3,(H2,24,29)(H,25,31)(H,27,30)/t12-,14-. The maximum Gasteiger partial charge on any atom is 0.272 e. The average Bonchev–Trinajstić information content (AvgIpc) is 3.19. The number of nitrogens with two attached hydrogens (primary N) is 1. The Balaban J connectivity index is 1.69. The van der Waals surface area contributed by atoms with E-state index in [-0.39, 0.29) is 29.3 Å². The summed E-state index contributed by atoms with van der Waals surface area (Å²) in [5, 5.41) is 15.9. The fourth-order valence-electron chi connectivity index (χ4n) is 4.02. The molecule has 0 bridgehead atoms. The highest BCUT2D eigenvalue weighted by Crippen LogP contribution is 2.35. The number of imidazole rings is 1. The SMILES string of the molecule is CNC(=O)c1ncn([C@H]2CC[C@H](C(=O)Nc3cc(C(C)(C)O)ccc3Cl)CC2)c1C(N)=O. The summed E-state index contributed by atoms with van der Waals surface area (Å²) < 4.78 is 1.64. The lowest BCUT2D eigenvalue weighted by Gasteiger charge is -2.29. The molecule has 9 nitrogen and oxygen atoms in total. The fourth-order valence-corrected chi connectivity index (χ4v) is 4.18. The van der Waals surface area contributed by atoms with Crippen LogP contribution in [-0.4, -0.2) is 39.4 Å². The Hall–Kier alpha value is -2.91. The number of nitrogens with one attached hydrogen (secondary N) is 2. The molecule has 3 rings (SSSR count). The molecule has 1 aliphatic carbocycles. The van der Waals surface area contributed by atoms with Crippen LogP contribution in [0, 0.1) is 5.92 Å². The van der Waals surface area contributed by atoms with Gasteiger partial charge in [0.15, 0.2) is 5.69 Å². The summed E-state index contributed by atoms with van der Waals surface area (Å²) in [6, 6.07) is 4.96. The second-order valence-electron chi connectivity index (χ2n) is 8.54. The van der Waals surface area contributed by atoms with Gasteiger partial charge in [0.25, 0.3) is 11.8 Å². The van der Waals surface area contributed by atoms with E-state index in [0.717, 1.165) is 0 Å². The molecule has 5 N–H and O–H groups in total. The fraction of sp³-hybridized carbons (Fsp3) is 0.455. The molecule has 0 aliphatic heterocycles. The third-order valence-corrected chi connectivity index (χ3v) is 6.19. The molecule has 0 spiro atoms. The lowest BCUT2D eigenvalue weighted by atomic mass is 9.85. The Labute approximate surface area is 191 Å². The van der Waals surface area contributed by atoms with E-state index in [4.69, 9.17) is 17.3 Å². The number of halogens is 1. The van der Waals surface area contributed by atoms with Crippen LogP contribution in [0.15, 0.2) is 24.5 Å². The first-order chi connectivity index (χ1) is 15.0. The quantitative estimate of drug-likeness (QED) is 0.523. The molecule has 0 unspecified atom stereocenters. The van der Waals surface area contributed by atoms with Gasteiger partial charge < -0.3 is 26.0 Å². The summed E-state index contributed by atoms with van der Waals surface area (Å²) in [5.74, 6) is -1.57. The first kappa shape index (κ1) is 23.7. The average molecular weight is 462 g/mol. The summed E-state index contributed by atoms with van der Waals surface area (Å²) in [7, 11) is 1.46. The maximum atomic E-state index is 12.9. The summed E-state index contributed by atoms with van der Waals surface area (Å²) in [6.45, 7) is 3.32. The highest BCUT2D eigenvalue weighted by molar-refractivity contribution is 6.33. The minimum atomic E-state index is -1.06. The molecule has 2 aromatic rings. The number of amides is 3. The van der Waals surface area contributed by atoms with Crippen LogP contribution in [0.5, 0.6) is 0 Å². The summed E-state index contributed by atoms with van der Waals surface area (Å²) >= 11 is 6.24. The van der Waals surface area contributed by atoms with Gasteiger partial charge in [0.2, 0.25) is 5.91 Å². The summed E-state index contributed by atoms with van der Waals surface area (Å²) in [6.07, 6.45) is 3.88. The van der Waals surface area contributed by atoms with Crippen LogP contribution >= 0.6 is 11.6 Å². The number of rotatable bonds is 6. The van der Waals surface area contributed by atoms with Gasteiger partial charge in [-0.15, -0.1) is 0 Å². The van der Waals surface area contributed by atoms with Crippen molar-refractivity contribution >= 4 is 35.0 Å². The van der Waals surface area contributed by atoms with Gasteiger partial charge in [-0.25, -0.2) is 4.98 Å². The van der Waals surface area contributed by atoms with Crippen LogP contribution in [0.2, 0.25) is 5.02 Å². The van der Waals surface area contributed by atoms with Gasteiger partial charge in [0, 0.05) is 19.0 Å². The number of nitrogens with zero attached hydrogens (tertiary/aromatic N) is 2. The van der Waals surface area contributed by atoms with E-state index < -0.39 is 17.4 Å². The summed E-state index contributed by atoms with van der Waals surface area (Å²) in [5.41, 5.74) is 5.63. The second kappa shape index (κ2) is 9.30. The topological polar surface area (TPSA) is 139 Å². The third-order valence-electron chi connectivity index (χ3n) is 5.86. The van der Waals surface area contributed by atoms with E-state index in [2.05, 4.69) is 15.6 Å². The molecule has 1 fully saturated rings. The van der Waals surface area contributed by atoms with Crippen molar-refractivity contribution in [2.45, 2.75) is 51.2 Å². The van der Waals surface area contributed by atoms with Gasteiger partial charge >= 0.3 is 0 Å². The third kappa shape index (κ3) is 4.94. The lowest BCUT2D eigenvalue weighted by Crippen LogP contribution is -2.30. The van der Waals surface area contributed by atoms with E-state index in [1.54, 1.807) is 36.6 Å². The normalized spacial score (nSPS) is 18.8. The number of hydrogen-bond donors (Lipinski definition) is 4. The lowest BCUT2D eigenvalue weighted by molar-refractivity contribution is -0.121. The molecule has 32 heavy (non-hydrogen) atoms. The molecule has 172 valence electrons. The molecular formula is C22H28ClN5O4. The van der Waals surface area contributed by atoms with Crippen molar-refractivity contribution in [3.05, 3.63) is 46.5 Å². The van der Waals surface area contributed by atoms with Gasteiger partial charge in [-0.3, -0.25) is 14.4 Å². The second-order valence-corrected chi connectivity index (χ2v) is 8.95. The molecule has 1 aromatic heterocycles. The molecule has 10 heteroatoms. The van der Waals surface area contributed by atoms with Crippen LogP contribution in [-0.2, 0) is 10.4 Å². The maximum absolute atomic E-state index is 12.9. The van der Waals surface area contributed by atoms with E-state index in [0.29, 0.717) is 42.0 Å². The number of anilines is 1. The van der Waals surface area contributed by atoms with E-state index in [1.165, 1.54) is 13.4 Å². The minimum Gasteiger partial charge on any atom is -0.386 e. The number of hydrogen-bond acceptors (Lipinski definition) is 5. The number of aliphatic hydroxyl groups is 1. The number of carbonyl (C=O) groups excluding carboxylic acids is 3. The van der Waals surface area contributed by atoms with Crippen LogP contribution in [0.4, 0.5) is 5.69 Å². The monoisotopic (exact) mass is 461 g/mol. The highest BCUT2D eigenvalue weighted by Gasteiger charge is 2.31. The van der Waals surface area contributed by atoms with Gasteiger partial charge in [-0.1, -0.05) is 17.7 Å². The largest absolute Gasteiger partial charge is 0.386 e. The number of aromatic nitrogens is 2. The zero-order valence-electron chi connectivity index (χ0n) is 18.3. The van der Waals surface area contributed by atoms with E-state index in [1.807, 2.05) is 0 Å². The first-order valence-corrected chi connectivity index (χ1v) is 10.8. The van der Waals surface area contributed by atoms with Crippen LogP contribution in [0.25, 0.3) is 0 Å². The predicted molar refractivity (Wildman–Crippen MR) is 120 cm³/mol. The van der Waals surface area contributed by atoms with Crippen LogP contribution in [0.1, 0.15) is 72.1 Å². The van der Waals surface area contributed by atoms with Crippen molar-refractivity contribution in [2.24, 2.45) is 11.7 Å². The summed E-state index contributed by atoms with van der Waals surface area (Å²) in [4.78, 5) is 40.9. The van der Waals surface area contributed by atoms with Crippen molar-refractivity contribution in [1.29, 1.82) is 0 Å². The molecule has 0 saturated heterocycles. The van der Waals surface area contributed by atoms with Crippen molar-refractivity contribution in [2.75, 3.05) is 12.4 Å². The van der Waals surface area contributed by atoms with Crippen molar-refractivity contribution < 1.29 is 19.5 Å². The Morgan fingerprint density at radius 2 is 1.88 bits per heavy atom. The van der Waals surface area contributed by atoms with Gasteiger partial charge in [-0.2, -0.15) is 0 Å². The van der Waals surface area contributed by atoms with E-state index >= 15 is 0 Å². The molecule has 0 radical (unpaired) electrons. The molecule has 1 heterocycles. The Kier molecular flexibility index (Phi) is 6.90. The first-order valence-electron chi connectivity index (χ1n) is 10.4. The van der Waals surface area contributed by atoms with Gasteiger partial charge in [-0.05, 0) is 57.2 Å². The zero-order valence-corrected chi connectivity index (χ0v) is 19.1. The number of carbonyl (C=O) groups is 3. The smallest absolute Gasteiger partial charge is 0.272 e. The Morgan fingerprint density at radius 1 is 1.22 bits per heavy atom. The molecule has 1 saturated carbocycles. The van der Waals surface area contributed by atoms with Gasteiger partial charge in [0.05, 0.1) is 22.6 Å². The zero-order chi connectivity index (χ0) is 23.6. The molecule has 0 atom stereocenters.